The molecule has 0 aliphatic rings. The Kier molecular flexibility index (Phi) is 5.26. The highest BCUT2D eigenvalue weighted by atomic mass is 32.1. The zero-order valence-corrected chi connectivity index (χ0v) is 14.4. The normalized spacial score (nSPS) is 11.2. The van der Waals surface area contributed by atoms with Crippen LogP contribution in [-0.4, -0.2) is 16.8 Å². The quantitative estimate of drug-likeness (QED) is 0.686. The van der Waals surface area contributed by atoms with Gasteiger partial charge in [-0.15, -0.1) is 11.3 Å². The summed E-state index contributed by atoms with van der Waals surface area (Å²) in [4.78, 5) is 28.1. The number of aromatic nitrogens is 1. The van der Waals surface area contributed by atoms with E-state index < -0.39 is 29.1 Å². The molecule has 0 atom stereocenters. The highest BCUT2D eigenvalue weighted by Crippen LogP contribution is 2.32. The molecule has 1 aromatic carbocycles. The molecule has 10 heteroatoms. The zero-order chi connectivity index (χ0) is 19.4. The van der Waals surface area contributed by atoms with E-state index >= 15 is 0 Å². The van der Waals surface area contributed by atoms with Gasteiger partial charge in [0, 0.05) is 5.38 Å². The van der Waals surface area contributed by atoms with Crippen LogP contribution < -0.4 is 10.6 Å². The van der Waals surface area contributed by atoms with Crippen LogP contribution >= 0.6 is 11.3 Å². The van der Waals surface area contributed by atoms with Crippen molar-refractivity contribution in [2.24, 2.45) is 0 Å². The summed E-state index contributed by atoms with van der Waals surface area (Å²) >= 11 is 0.929. The average Bonchev–Trinajstić information content (AvgIpc) is 3.31. The summed E-state index contributed by atoms with van der Waals surface area (Å²) in [6, 6.07) is 7.79. The maximum atomic E-state index is 13.0. The lowest BCUT2D eigenvalue weighted by molar-refractivity contribution is -0.137. The summed E-state index contributed by atoms with van der Waals surface area (Å²) in [5, 5.41) is 6.27. The van der Waals surface area contributed by atoms with Crippen LogP contribution in [0.2, 0.25) is 0 Å². The molecule has 0 spiro atoms. The summed E-state index contributed by atoms with van der Waals surface area (Å²) in [5.74, 6) is -0.908. The lowest BCUT2D eigenvalue weighted by Gasteiger charge is -2.11. The van der Waals surface area contributed by atoms with Crippen LogP contribution in [0, 0.1) is 0 Å². The molecule has 3 rings (SSSR count). The van der Waals surface area contributed by atoms with Crippen molar-refractivity contribution >= 4 is 28.3 Å². The fourth-order valence-corrected chi connectivity index (χ4v) is 2.89. The van der Waals surface area contributed by atoms with Gasteiger partial charge in [0.1, 0.15) is 11.5 Å². The molecule has 2 aromatic heterocycles. The van der Waals surface area contributed by atoms with Gasteiger partial charge in [-0.05, 0) is 24.3 Å². The standard InChI is InChI=1S/C17H12F3N3O3S/c18-17(19,20)12-6-2-1-5-11(12)14(24)23-16-22-13(9-27-16)15(25)21-8-10-4-3-7-26-10/h1-7,9H,8H2,(H,21,25)(H,22,23,24). The van der Waals surface area contributed by atoms with E-state index in [-0.39, 0.29) is 17.4 Å². The molecule has 0 aliphatic heterocycles. The largest absolute Gasteiger partial charge is 0.467 e. The Morgan fingerprint density at radius 2 is 1.89 bits per heavy atom. The number of nitrogens with zero attached hydrogens (tertiary/aromatic N) is 1. The number of benzene rings is 1. The summed E-state index contributed by atoms with van der Waals surface area (Å²) in [5.41, 5.74) is -1.54. The monoisotopic (exact) mass is 395 g/mol. The molecule has 0 unspecified atom stereocenters. The molecule has 2 amide bonds. The molecule has 0 aliphatic carbocycles. The first-order valence-corrected chi connectivity index (χ1v) is 8.46. The number of rotatable bonds is 5. The van der Waals surface area contributed by atoms with Gasteiger partial charge < -0.3 is 9.73 Å². The van der Waals surface area contributed by atoms with E-state index in [4.69, 9.17) is 4.42 Å². The topological polar surface area (TPSA) is 84.2 Å². The Balaban J connectivity index is 1.67. The molecule has 2 heterocycles. The highest BCUT2D eigenvalue weighted by Gasteiger charge is 2.35. The molecule has 0 radical (unpaired) electrons. The van der Waals surface area contributed by atoms with E-state index in [2.05, 4.69) is 15.6 Å². The predicted molar refractivity (Wildman–Crippen MR) is 91.4 cm³/mol. The Morgan fingerprint density at radius 3 is 2.59 bits per heavy atom. The summed E-state index contributed by atoms with van der Waals surface area (Å²) in [6.07, 6.45) is -3.19. The number of anilines is 1. The number of hydrogen-bond donors (Lipinski definition) is 2. The van der Waals surface area contributed by atoms with Gasteiger partial charge in [0.2, 0.25) is 0 Å². The first-order chi connectivity index (χ1) is 12.8. The molecule has 0 bridgehead atoms. The summed E-state index contributed by atoms with van der Waals surface area (Å²) < 4.78 is 44.1. The van der Waals surface area contributed by atoms with Crippen molar-refractivity contribution in [2.45, 2.75) is 12.7 Å². The van der Waals surface area contributed by atoms with Crippen LogP contribution in [-0.2, 0) is 12.7 Å². The molecule has 0 fully saturated rings. The van der Waals surface area contributed by atoms with Crippen molar-refractivity contribution in [3.63, 3.8) is 0 Å². The van der Waals surface area contributed by atoms with Crippen LogP contribution in [0.4, 0.5) is 18.3 Å². The van der Waals surface area contributed by atoms with Crippen LogP contribution in [0.15, 0.2) is 52.5 Å². The van der Waals surface area contributed by atoms with Crippen LogP contribution in [0.1, 0.15) is 32.2 Å². The molecule has 0 saturated heterocycles. The molecular formula is C17H12F3N3O3S. The molecule has 140 valence electrons. The Morgan fingerprint density at radius 1 is 1.11 bits per heavy atom. The Hall–Kier alpha value is -3.14. The minimum absolute atomic E-state index is 0.0140. The first-order valence-electron chi connectivity index (χ1n) is 7.58. The number of amides is 2. The van der Waals surface area contributed by atoms with E-state index in [0.717, 1.165) is 23.5 Å². The number of alkyl halides is 3. The van der Waals surface area contributed by atoms with E-state index in [9.17, 15) is 22.8 Å². The van der Waals surface area contributed by atoms with Crippen molar-refractivity contribution in [3.8, 4) is 0 Å². The average molecular weight is 395 g/mol. The van der Waals surface area contributed by atoms with Gasteiger partial charge in [-0.3, -0.25) is 14.9 Å². The van der Waals surface area contributed by atoms with E-state index in [1.807, 2.05) is 0 Å². The number of halogens is 3. The number of hydrogen-bond acceptors (Lipinski definition) is 5. The predicted octanol–water partition coefficient (Wildman–Crippen LogP) is 3.94. The third-order valence-electron chi connectivity index (χ3n) is 3.44. The first kappa shape index (κ1) is 18.6. The van der Waals surface area contributed by atoms with Crippen molar-refractivity contribution in [1.29, 1.82) is 0 Å². The Labute approximate surface area is 155 Å². The smallest absolute Gasteiger partial charge is 0.417 e. The zero-order valence-electron chi connectivity index (χ0n) is 13.5. The number of carbonyl (C=O) groups excluding carboxylic acids is 2. The van der Waals surface area contributed by atoms with Crippen molar-refractivity contribution in [3.05, 3.63) is 70.6 Å². The number of thiazole rings is 1. The van der Waals surface area contributed by atoms with Gasteiger partial charge in [0.15, 0.2) is 5.13 Å². The van der Waals surface area contributed by atoms with Crippen molar-refractivity contribution in [2.75, 3.05) is 5.32 Å². The molecule has 0 saturated carbocycles. The second-order valence-electron chi connectivity index (χ2n) is 5.30. The van der Waals surface area contributed by atoms with E-state index in [1.165, 1.54) is 23.8 Å². The third-order valence-corrected chi connectivity index (χ3v) is 4.20. The molecular weight excluding hydrogens is 383 g/mol. The highest BCUT2D eigenvalue weighted by molar-refractivity contribution is 7.14. The summed E-state index contributed by atoms with van der Waals surface area (Å²) in [6.45, 7) is 0.157. The lowest BCUT2D eigenvalue weighted by atomic mass is 10.1. The molecule has 3 aromatic rings. The number of furan rings is 1. The van der Waals surface area contributed by atoms with Gasteiger partial charge in [0.05, 0.1) is 23.9 Å². The SMILES string of the molecule is O=C(NCc1ccco1)c1csc(NC(=O)c2ccccc2C(F)(F)F)n1. The van der Waals surface area contributed by atoms with Crippen LogP contribution in [0.25, 0.3) is 0 Å². The summed E-state index contributed by atoms with van der Waals surface area (Å²) in [7, 11) is 0. The van der Waals surface area contributed by atoms with Crippen LogP contribution in [0.3, 0.4) is 0 Å². The molecule has 27 heavy (non-hydrogen) atoms. The second-order valence-corrected chi connectivity index (χ2v) is 6.16. The van der Waals surface area contributed by atoms with Crippen LogP contribution in [0.5, 0.6) is 0 Å². The fraction of sp³-hybridized carbons (Fsp3) is 0.118. The number of nitrogens with one attached hydrogen (secondary N) is 2. The van der Waals surface area contributed by atoms with Crippen molar-refractivity contribution < 1.29 is 27.2 Å². The van der Waals surface area contributed by atoms with E-state index in [1.54, 1.807) is 12.1 Å². The van der Waals surface area contributed by atoms with Gasteiger partial charge in [-0.25, -0.2) is 4.98 Å². The molecule has 2 N–H and O–H groups in total. The van der Waals surface area contributed by atoms with Gasteiger partial charge in [-0.1, -0.05) is 12.1 Å². The van der Waals surface area contributed by atoms with Crippen molar-refractivity contribution in [1.82, 2.24) is 10.3 Å². The molecule has 6 nitrogen and oxygen atoms in total. The second kappa shape index (κ2) is 7.62. The Bertz CT molecular complexity index is 952. The fourth-order valence-electron chi connectivity index (χ4n) is 2.20. The van der Waals surface area contributed by atoms with Gasteiger partial charge >= 0.3 is 6.18 Å². The van der Waals surface area contributed by atoms with E-state index in [0.29, 0.717) is 5.76 Å². The van der Waals surface area contributed by atoms with Gasteiger partial charge in [-0.2, -0.15) is 13.2 Å². The minimum Gasteiger partial charge on any atom is -0.467 e. The van der Waals surface area contributed by atoms with Gasteiger partial charge in [0.25, 0.3) is 11.8 Å². The maximum Gasteiger partial charge on any atom is 0.417 e. The minimum atomic E-state index is -4.66. The number of carbonyl (C=O) groups is 2. The lowest BCUT2D eigenvalue weighted by Crippen LogP contribution is -2.23. The third kappa shape index (κ3) is 4.53. The maximum absolute atomic E-state index is 13.0.